The second kappa shape index (κ2) is 11.8. The van der Waals surface area contributed by atoms with Crippen LogP contribution in [0.4, 0.5) is 23.2 Å². The van der Waals surface area contributed by atoms with Gasteiger partial charge in [-0.25, -0.2) is 28.4 Å². The predicted octanol–water partition coefficient (Wildman–Crippen LogP) is 4.37. The number of anilines is 1. The number of primary amides is 1. The Kier molecular flexibility index (Phi) is 7.71. The molecule has 2 amide bonds. The zero-order valence-corrected chi connectivity index (χ0v) is 25.3. The molecular weight excluding hydrogens is 660 g/mol. The highest BCUT2D eigenvalue weighted by atomic mass is 35.5. The van der Waals surface area contributed by atoms with Gasteiger partial charge >= 0.3 is 12.0 Å². The molecule has 7 rings (SSSR count). The lowest BCUT2D eigenvalue weighted by Crippen LogP contribution is -2.50. The van der Waals surface area contributed by atoms with E-state index in [4.69, 9.17) is 27.1 Å². The lowest BCUT2D eigenvalue weighted by atomic mass is 9.93. The molecule has 12 nitrogen and oxygen atoms in total. The van der Waals surface area contributed by atoms with E-state index in [9.17, 15) is 32.3 Å². The summed E-state index contributed by atoms with van der Waals surface area (Å²) in [6.45, 7) is -1.07. The van der Waals surface area contributed by atoms with E-state index >= 15 is 0 Å². The number of fused-ring (bicyclic) bond motifs is 2. The number of aromatic nitrogens is 6. The second-order valence-corrected chi connectivity index (χ2v) is 11.7. The van der Waals surface area contributed by atoms with Crippen LogP contribution in [0.2, 0.25) is 5.15 Å². The molecule has 1 aliphatic heterocycles. The van der Waals surface area contributed by atoms with Crippen molar-refractivity contribution in [2.24, 2.45) is 11.7 Å². The second-order valence-electron chi connectivity index (χ2n) is 11.4. The van der Waals surface area contributed by atoms with Gasteiger partial charge in [-0.05, 0) is 55.0 Å². The van der Waals surface area contributed by atoms with E-state index in [0.717, 1.165) is 31.4 Å². The molecule has 17 heteroatoms. The van der Waals surface area contributed by atoms with Crippen LogP contribution in [0.25, 0.3) is 22.2 Å². The van der Waals surface area contributed by atoms with Gasteiger partial charge in [0.1, 0.15) is 17.7 Å². The molecule has 3 N–H and O–H groups in total. The SMILES string of the molecule is NC(=O)c1c(CC2CC2)nc2c(c(Cl)nn2[C@H](CO)c2ccc(F)cn2)c1-c1ccc2c(c1)OC(F)(F)C(=O)N2Cc1ncc(F)cn1. The average Bonchev–Trinajstić information content (AvgIpc) is 3.81. The molecule has 1 saturated carbocycles. The number of aliphatic hydroxyl groups is 1. The van der Waals surface area contributed by atoms with Gasteiger partial charge < -0.3 is 15.6 Å². The van der Waals surface area contributed by atoms with Gasteiger partial charge in [-0.1, -0.05) is 17.7 Å². The topological polar surface area (TPSA) is 162 Å². The first-order valence-electron chi connectivity index (χ1n) is 14.6. The lowest BCUT2D eigenvalue weighted by molar-refractivity contribution is -0.193. The molecule has 1 aromatic carbocycles. The highest BCUT2D eigenvalue weighted by molar-refractivity contribution is 6.36. The third-order valence-electron chi connectivity index (χ3n) is 8.10. The highest BCUT2D eigenvalue weighted by Gasteiger charge is 2.51. The summed E-state index contributed by atoms with van der Waals surface area (Å²) in [6, 6.07) is 5.55. The summed E-state index contributed by atoms with van der Waals surface area (Å²) < 4.78 is 63.2. The highest BCUT2D eigenvalue weighted by Crippen LogP contribution is 2.46. The summed E-state index contributed by atoms with van der Waals surface area (Å²) in [5, 5.41) is 14.7. The number of benzene rings is 1. The van der Waals surface area contributed by atoms with Gasteiger partial charge in [0.15, 0.2) is 22.4 Å². The molecule has 0 bridgehead atoms. The van der Waals surface area contributed by atoms with Gasteiger partial charge in [0.25, 0.3) is 5.91 Å². The first kappa shape index (κ1) is 31.4. The van der Waals surface area contributed by atoms with Gasteiger partial charge in [0, 0.05) is 5.56 Å². The summed E-state index contributed by atoms with van der Waals surface area (Å²) >= 11 is 6.70. The van der Waals surface area contributed by atoms with Gasteiger partial charge in [-0.2, -0.15) is 13.9 Å². The number of hydrogen-bond donors (Lipinski definition) is 2. The molecule has 5 aromatic rings. The number of halogens is 5. The van der Waals surface area contributed by atoms with Crippen LogP contribution >= 0.6 is 11.6 Å². The van der Waals surface area contributed by atoms with E-state index in [-0.39, 0.29) is 56.0 Å². The van der Waals surface area contributed by atoms with Crippen LogP contribution < -0.4 is 15.4 Å². The number of amides is 2. The minimum Gasteiger partial charge on any atom is -0.423 e. The molecule has 2 aliphatic rings. The summed E-state index contributed by atoms with van der Waals surface area (Å²) in [4.78, 5) is 42.9. The number of alkyl halides is 2. The largest absolute Gasteiger partial charge is 0.482 e. The Morgan fingerprint density at radius 2 is 1.83 bits per heavy atom. The van der Waals surface area contributed by atoms with Crippen molar-refractivity contribution < 1.29 is 37.0 Å². The average molecular weight is 683 g/mol. The van der Waals surface area contributed by atoms with Gasteiger partial charge in [-0.3, -0.25) is 19.5 Å². The summed E-state index contributed by atoms with van der Waals surface area (Å²) in [5.41, 5.74) is 6.75. The maximum Gasteiger partial charge on any atom is 0.482 e. The number of nitrogens with two attached hydrogens (primary N) is 1. The maximum atomic E-state index is 15.0. The van der Waals surface area contributed by atoms with Crippen LogP contribution in [0.1, 0.15) is 46.5 Å². The van der Waals surface area contributed by atoms with E-state index in [1.807, 2.05) is 0 Å². The molecule has 0 saturated heterocycles. The lowest BCUT2D eigenvalue weighted by Gasteiger charge is -2.33. The Hall–Kier alpha value is -5.22. The number of nitrogens with zero attached hydrogens (tertiary/aromatic N) is 7. The zero-order valence-electron chi connectivity index (χ0n) is 24.6. The molecular formula is C31H23ClF4N8O4. The number of hydrogen-bond acceptors (Lipinski definition) is 9. The van der Waals surface area contributed by atoms with Crippen LogP contribution in [0.3, 0.4) is 0 Å². The molecule has 1 fully saturated rings. The third kappa shape index (κ3) is 5.56. The molecule has 0 radical (unpaired) electrons. The Labute approximate surface area is 273 Å². The summed E-state index contributed by atoms with van der Waals surface area (Å²) in [7, 11) is 0. The number of carbonyl (C=O) groups is 2. The number of rotatable bonds is 9. The molecule has 246 valence electrons. The first-order valence-corrected chi connectivity index (χ1v) is 14.9. The molecule has 1 atom stereocenters. The van der Waals surface area contributed by atoms with E-state index in [0.29, 0.717) is 17.0 Å². The molecule has 5 heterocycles. The van der Waals surface area contributed by atoms with Crippen LogP contribution in [0.15, 0.2) is 48.9 Å². The van der Waals surface area contributed by atoms with Crippen LogP contribution in [-0.2, 0) is 17.8 Å². The fourth-order valence-electron chi connectivity index (χ4n) is 5.71. The monoisotopic (exact) mass is 682 g/mol. The van der Waals surface area contributed by atoms with Crippen molar-refractivity contribution in [2.75, 3.05) is 11.5 Å². The Morgan fingerprint density at radius 3 is 2.48 bits per heavy atom. The van der Waals surface area contributed by atoms with Crippen LogP contribution in [-0.4, -0.2) is 59.4 Å². The maximum absolute atomic E-state index is 15.0. The van der Waals surface area contributed by atoms with Crippen molar-refractivity contribution in [3.8, 4) is 16.9 Å². The molecule has 0 unspecified atom stereocenters. The Bertz CT molecular complexity index is 2090. The summed E-state index contributed by atoms with van der Waals surface area (Å²) in [5.74, 6) is -4.24. The quantitative estimate of drug-likeness (QED) is 0.215. The Balaban J connectivity index is 1.43. The fraction of sp³-hybridized carbons (Fsp3) is 0.258. The van der Waals surface area contributed by atoms with Gasteiger partial charge in [0.05, 0.1) is 59.8 Å². The third-order valence-corrected chi connectivity index (χ3v) is 8.37. The smallest absolute Gasteiger partial charge is 0.423 e. The van der Waals surface area contributed by atoms with E-state index < -0.39 is 54.5 Å². The molecule has 0 spiro atoms. The van der Waals surface area contributed by atoms with Crippen molar-refractivity contribution in [3.05, 3.63) is 88.5 Å². The molecule has 48 heavy (non-hydrogen) atoms. The van der Waals surface area contributed by atoms with Crippen molar-refractivity contribution in [1.29, 1.82) is 0 Å². The summed E-state index contributed by atoms with van der Waals surface area (Å²) in [6.07, 6.45) is 0.472. The van der Waals surface area contributed by atoms with Crippen molar-refractivity contribution in [3.63, 3.8) is 0 Å². The normalized spacial score (nSPS) is 16.1. The minimum absolute atomic E-state index is 0.0218. The van der Waals surface area contributed by atoms with E-state index in [2.05, 4.69) is 20.1 Å². The predicted molar refractivity (Wildman–Crippen MR) is 161 cm³/mol. The number of aliphatic hydroxyl groups excluding tert-OH is 1. The standard InChI is InChI=1S/C31H23ClF4N8O4/c32-27-26-24(15-3-6-20-22(8-15)48-31(35,36)30(47)43(20)12-23-39-10-17(34)11-40-23)25(28(37)46)19(7-14-1-2-14)41-29(26)44(42-27)21(13-45)18-5-4-16(33)9-38-18/h3-6,8-11,14,21,45H,1-2,7,12-13H2,(H2,37,46)/t21-/m1/s1. The van der Waals surface area contributed by atoms with Crippen molar-refractivity contribution in [1.82, 2.24) is 29.7 Å². The number of carbonyl (C=O) groups excluding carboxylic acids is 2. The number of pyridine rings is 2. The molecule has 4 aromatic heterocycles. The van der Waals surface area contributed by atoms with Crippen molar-refractivity contribution in [2.45, 2.75) is 38.0 Å². The minimum atomic E-state index is -4.30. The number of ether oxygens (including phenoxy) is 1. The zero-order chi connectivity index (χ0) is 33.9. The van der Waals surface area contributed by atoms with E-state index in [1.165, 1.54) is 35.0 Å². The fourth-order valence-corrected chi connectivity index (χ4v) is 5.97. The Morgan fingerprint density at radius 1 is 1.10 bits per heavy atom. The van der Waals surface area contributed by atoms with Crippen LogP contribution in [0.5, 0.6) is 5.75 Å². The van der Waals surface area contributed by atoms with Gasteiger partial charge in [-0.15, -0.1) is 0 Å². The first-order chi connectivity index (χ1) is 22.9. The van der Waals surface area contributed by atoms with Gasteiger partial charge in [0.2, 0.25) is 0 Å². The molecule has 1 aliphatic carbocycles. The van der Waals surface area contributed by atoms with Crippen molar-refractivity contribution >= 4 is 40.1 Å². The van der Waals surface area contributed by atoms with E-state index in [1.54, 1.807) is 0 Å². The van der Waals surface area contributed by atoms with Crippen LogP contribution in [0, 0.1) is 17.6 Å².